The van der Waals surface area contributed by atoms with Gasteiger partial charge in [-0.1, -0.05) is 30.3 Å². The van der Waals surface area contributed by atoms with Crippen LogP contribution in [0.2, 0.25) is 0 Å². The maximum Gasteiger partial charge on any atom is 0.254 e. The number of hydrogen-bond acceptors (Lipinski definition) is 3. The zero-order chi connectivity index (χ0) is 18.1. The third-order valence-electron chi connectivity index (χ3n) is 4.68. The first-order chi connectivity index (χ1) is 12.6. The van der Waals surface area contributed by atoms with E-state index in [2.05, 4.69) is 5.10 Å². The van der Waals surface area contributed by atoms with Crippen molar-refractivity contribution in [3.63, 3.8) is 0 Å². The van der Waals surface area contributed by atoms with E-state index >= 15 is 0 Å². The summed E-state index contributed by atoms with van der Waals surface area (Å²) in [5, 5.41) is 4.19. The van der Waals surface area contributed by atoms with Gasteiger partial charge in [-0.2, -0.15) is 5.10 Å². The number of aromatic nitrogens is 2. The molecule has 2 N–H and O–H groups in total. The lowest BCUT2D eigenvalue weighted by atomic mass is 9.91. The normalized spacial score (nSPS) is 16.2. The van der Waals surface area contributed by atoms with Gasteiger partial charge in [0.1, 0.15) is 6.04 Å². The first-order valence-corrected chi connectivity index (χ1v) is 8.43. The van der Waals surface area contributed by atoms with Gasteiger partial charge in [0.15, 0.2) is 0 Å². The zero-order valence-electron chi connectivity index (χ0n) is 14.1. The molecular weight excluding hydrogens is 328 g/mol. The van der Waals surface area contributed by atoms with E-state index in [1.54, 1.807) is 34.0 Å². The van der Waals surface area contributed by atoms with Crippen molar-refractivity contribution in [2.45, 2.75) is 12.5 Å². The monoisotopic (exact) mass is 346 g/mol. The van der Waals surface area contributed by atoms with Crippen molar-refractivity contribution in [1.82, 2.24) is 14.7 Å². The van der Waals surface area contributed by atoms with Crippen molar-refractivity contribution in [2.24, 2.45) is 5.73 Å². The standard InChI is InChI=1S/C20H18N4O2/c21-19(25)18-17-8-2-1-5-14(17)9-12-23(18)20(26)15-6-3-7-16(13-15)24-11-4-10-22-24/h1-8,10-11,13,18H,9,12H2,(H2,21,25)/t18-/m0/s1. The SMILES string of the molecule is NC(=O)[C@@H]1c2ccccc2CCN1C(=O)c1cccc(-n2cccn2)c1. The molecule has 1 aliphatic heterocycles. The van der Waals surface area contributed by atoms with Crippen LogP contribution in [0.1, 0.15) is 27.5 Å². The van der Waals surface area contributed by atoms with E-state index in [0.29, 0.717) is 18.5 Å². The molecule has 0 bridgehead atoms. The molecule has 0 unspecified atom stereocenters. The highest BCUT2D eigenvalue weighted by Crippen LogP contribution is 2.30. The van der Waals surface area contributed by atoms with Gasteiger partial charge in [-0.15, -0.1) is 0 Å². The number of hydrogen-bond donors (Lipinski definition) is 1. The molecule has 6 nitrogen and oxygen atoms in total. The van der Waals surface area contributed by atoms with Gasteiger partial charge in [-0.05, 0) is 41.8 Å². The van der Waals surface area contributed by atoms with E-state index in [4.69, 9.17) is 5.73 Å². The first kappa shape index (κ1) is 16.1. The molecule has 0 saturated heterocycles. The fourth-order valence-electron chi connectivity index (χ4n) is 3.46. The van der Waals surface area contributed by atoms with E-state index in [1.807, 2.05) is 42.6 Å². The Morgan fingerprint density at radius 1 is 1.08 bits per heavy atom. The largest absolute Gasteiger partial charge is 0.368 e. The summed E-state index contributed by atoms with van der Waals surface area (Å²) >= 11 is 0. The van der Waals surface area contributed by atoms with Gasteiger partial charge in [-0.3, -0.25) is 9.59 Å². The predicted octanol–water partition coefficient (Wildman–Crippen LogP) is 2.10. The summed E-state index contributed by atoms with van der Waals surface area (Å²) in [4.78, 5) is 26.8. The minimum atomic E-state index is -0.749. The van der Waals surface area contributed by atoms with Crippen LogP contribution in [0.15, 0.2) is 67.0 Å². The number of carbonyl (C=O) groups is 2. The highest BCUT2D eigenvalue weighted by atomic mass is 16.2. The molecule has 2 heterocycles. The molecule has 1 aliphatic rings. The smallest absolute Gasteiger partial charge is 0.254 e. The maximum atomic E-state index is 13.1. The molecule has 2 aromatic carbocycles. The van der Waals surface area contributed by atoms with Gasteiger partial charge < -0.3 is 10.6 Å². The number of nitrogens with zero attached hydrogens (tertiary/aromatic N) is 3. The second-order valence-corrected chi connectivity index (χ2v) is 6.25. The van der Waals surface area contributed by atoms with Crippen molar-refractivity contribution >= 4 is 11.8 Å². The summed E-state index contributed by atoms with van der Waals surface area (Å²) < 4.78 is 1.69. The lowest BCUT2D eigenvalue weighted by molar-refractivity contribution is -0.123. The van der Waals surface area contributed by atoms with E-state index in [9.17, 15) is 9.59 Å². The number of primary amides is 1. The average Bonchev–Trinajstić information content (AvgIpc) is 3.21. The van der Waals surface area contributed by atoms with Crippen LogP contribution >= 0.6 is 0 Å². The Kier molecular flexibility index (Phi) is 4.01. The molecule has 0 saturated carbocycles. The Morgan fingerprint density at radius 3 is 2.69 bits per heavy atom. The van der Waals surface area contributed by atoms with E-state index in [-0.39, 0.29) is 5.91 Å². The molecule has 4 rings (SSSR count). The quantitative estimate of drug-likeness (QED) is 0.788. The molecule has 130 valence electrons. The molecule has 0 aliphatic carbocycles. The Labute approximate surface area is 150 Å². The maximum absolute atomic E-state index is 13.1. The summed E-state index contributed by atoms with van der Waals surface area (Å²) in [5.74, 6) is -0.731. The predicted molar refractivity (Wildman–Crippen MR) is 96.7 cm³/mol. The van der Waals surface area contributed by atoms with E-state index in [0.717, 1.165) is 16.8 Å². The topological polar surface area (TPSA) is 81.2 Å². The average molecular weight is 346 g/mol. The molecule has 1 atom stereocenters. The molecule has 0 radical (unpaired) electrons. The number of nitrogens with two attached hydrogens (primary N) is 1. The van der Waals surface area contributed by atoms with Crippen LogP contribution in [0.5, 0.6) is 0 Å². The Balaban J connectivity index is 1.70. The third-order valence-corrected chi connectivity index (χ3v) is 4.68. The Bertz CT molecular complexity index is 965. The van der Waals surface area contributed by atoms with Crippen molar-refractivity contribution in [3.8, 4) is 5.69 Å². The molecule has 3 aromatic rings. The van der Waals surface area contributed by atoms with Crippen LogP contribution in [0, 0.1) is 0 Å². The second kappa shape index (κ2) is 6.48. The lowest BCUT2D eigenvalue weighted by Gasteiger charge is -2.35. The van der Waals surface area contributed by atoms with Crippen LogP contribution in [0.4, 0.5) is 0 Å². The molecule has 2 amide bonds. The van der Waals surface area contributed by atoms with Gasteiger partial charge in [-0.25, -0.2) is 4.68 Å². The molecule has 0 spiro atoms. The van der Waals surface area contributed by atoms with Gasteiger partial charge in [0, 0.05) is 24.5 Å². The molecule has 0 fully saturated rings. The Hall–Kier alpha value is -3.41. The van der Waals surface area contributed by atoms with Crippen LogP contribution in [-0.2, 0) is 11.2 Å². The van der Waals surface area contributed by atoms with Gasteiger partial charge in [0.2, 0.25) is 5.91 Å². The molecule has 26 heavy (non-hydrogen) atoms. The summed E-state index contributed by atoms with van der Waals surface area (Å²) in [5.41, 5.74) is 8.81. The van der Waals surface area contributed by atoms with Crippen LogP contribution in [-0.4, -0.2) is 33.0 Å². The minimum absolute atomic E-state index is 0.211. The van der Waals surface area contributed by atoms with E-state index < -0.39 is 11.9 Å². The lowest BCUT2D eigenvalue weighted by Crippen LogP contribution is -2.45. The summed E-state index contributed by atoms with van der Waals surface area (Å²) in [6, 6.07) is 15.9. The molecular formula is C20H18N4O2. The summed E-state index contributed by atoms with van der Waals surface area (Å²) in [6.07, 6.45) is 4.19. The Morgan fingerprint density at radius 2 is 1.92 bits per heavy atom. The highest BCUT2D eigenvalue weighted by molar-refractivity contribution is 5.98. The van der Waals surface area contributed by atoms with Crippen molar-refractivity contribution in [3.05, 3.63) is 83.7 Å². The van der Waals surface area contributed by atoms with Crippen LogP contribution in [0.25, 0.3) is 5.69 Å². The van der Waals surface area contributed by atoms with Crippen molar-refractivity contribution in [2.75, 3.05) is 6.54 Å². The van der Waals surface area contributed by atoms with Crippen LogP contribution < -0.4 is 5.73 Å². The number of fused-ring (bicyclic) bond motifs is 1. The zero-order valence-corrected chi connectivity index (χ0v) is 14.1. The molecule has 1 aromatic heterocycles. The highest BCUT2D eigenvalue weighted by Gasteiger charge is 2.34. The summed E-state index contributed by atoms with van der Waals surface area (Å²) in [7, 11) is 0. The van der Waals surface area contributed by atoms with Gasteiger partial charge >= 0.3 is 0 Å². The van der Waals surface area contributed by atoms with Crippen molar-refractivity contribution in [1.29, 1.82) is 0 Å². The van der Waals surface area contributed by atoms with Crippen molar-refractivity contribution < 1.29 is 9.59 Å². The number of rotatable bonds is 3. The number of benzene rings is 2. The number of amides is 2. The fraction of sp³-hybridized carbons (Fsp3) is 0.150. The second-order valence-electron chi connectivity index (χ2n) is 6.25. The van der Waals surface area contributed by atoms with Gasteiger partial charge in [0.25, 0.3) is 5.91 Å². The number of carbonyl (C=O) groups excluding carboxylic acids is 2. The third kappa shape index (κ3) is 2.75. The fourth-order valence-corrected chi connectivity index (χ4v) is 3.46. The van der Waals surface area contributed by atoms with Gasteiger partial charge in [0.05, 0.1) is 5.69 Å². The first-order valence-electron chi connectivity index (χ1n) is 8.43. The molecule has 6 heteroatoms. The van der Waals surface area contributed by atoms with Crippen LogP contribution in [0.3, 0.4) is 0 Å². The summed E-state index contributed by atoms with van der Waals surface area (Å²) in [6.45, 7) is 0.454. The van der Waals surface area contributed by atoms with E-state index in [1.165, 1.54) is 0 Å². The minimum Gasteiger partial charge on any atom is -0.368 e.